The van der Waals surface area contributed by atoms with E-state index >= 15 is 0 Å². The van der Waals surface area contributed by atoms with Crippen molar-refractivity contribution in [2.24, 2.45) is 10.9 Å². The molecule has 0 bridgehead atoms. The van der Waals surface area contributed by atoms with Crippen molar-refractivity contribution in [2.75, 3.05) is 33.4 Å². The summed E-state index contributed by atoms with van der Waals surface area (Å²) >= 11 is 0. The number of hydrogen-bond donors (Lipinski definition) is 2. The minimum absolute atomic E-state index is 0. The lowest BCUT2D eigenvalue weighted by molar-refractivity contribution is 0.128. The minimum Gasteiger partial charge on any atom is -0.380 e. The van der Waals surface area contributed by atoms with Crippen molar-refractivity contribution in [3.63, 3.8) is 0 Å². The van der Waals surface area contributed by atoms with Gasteiger partial charge in [0.05, 0.1) is 6.61 Å². The largest absolute Gasteiger partial charge is 0.380 e. The predicted octanol–water partition coefficient (Wildman–Crippen LogP) is 3.35. The van der Waals surface area contributed by atoms with Crippen LogP contribution in [-0.4, -0.2) is 39.3 Å². The number of benzene rings is 1. The maximum Gasteiger partial charge on any atom is 0.191 e. The highest BCUT2D eigenvalue weighted by Gasteiger charge is 2.08. The summed E-state index contributed by atoms with van der Waals surface area (Å²) in [6.07, 6.45) is 1.30. The van der Waals surface area contributed by atoms with Crippen LogP contribution in [0.15, 0.2) is 23.2 Å². The number of hydrogen-bond acceptors (Lipinski definition) is 2. The maximum atomic E-state index is 13.5. The average molecular weight is 455 g/mol. The van der Waals surface area contributed by atoms with Crippen LogP contribution in [0.4, 0.5) is 8.78 Å². The van der Waals surface area contributed by atoms with Gasteiger partial charge < -0.3 is 15.4 Å². The molecule has 0 spiro atoms. The van der Waals surface area contributed by atoms with Crippen LogP contribution in [0.25, 0.3) is 0 Å². The number of nitrogens with one attached hydrogen (secondary N) is 2. The van der Waals surface area contributed by atoms with E-state index in [2.05, 4.69) is 29.5 Å². The molecule has 0 aliphatic rings. The van der Waals surface area contributed by atoms with E-state index in [1.165, 1.54) is 18.2 Å². The smallest absolute Gasteiger partial charge is 0.191 e. The molecule has 0 saturated carbocycles. The quantitative estimate of drug-likeness (QED) is 0.260. The van der Waals surface area contributed by atoms with E-state index in [0.717, 1.165) is 13.0 Å². The molecule has 0 amide bonds. The van der Waals surface area contributed by atoms with Gasteiger partial charge in [-0.05, 0) is 30.9 Å². The molecule has 24 heavy (non-hydrogen) atoms. The van der Waals surface area contributed by atoms with Crippen molar-refractivity contribution in [3.05, 3.63) is 35.4 Å². The Morgan fingerprint density at radius 1 is 1.12 bits per heavy atom. The Labute approximate surface area is 160 Å². The molecule has 2 N–H and O–H groups in total. The third-order valence-corrected chi connectivity index (χ3v) is 3.33. The number of halogens is 3. The Morgan fingerprint density at radius 3 is 2.33 bits per heavy atom. The lowest BCUT2D eigenvalue weighted by Crippen LogP contribution is -2.40. The average Bonchev–Trinajstić information content (AvgIpc) is 2.51. The first-order chi connectivity index (χ1) is 11.0. The number of rotatable bonds is 9. The predicted molar refractivity (Wildman–Crippen MR) is 105 cm³/mol. The van der Waals surface area contributed by atoms with Gasteiger partial charge in [0.1, 0.15) is 11.6 Å². The minimum atomic E-state index is -0.520. The van der Waals surface area contributed by atoms with Crippen LogP contribution < -0.4 is 10.6 Å². The number of guanidine groups is 1. The first kappa shape index (κ1) is 23.0. The normalized spacial score (nSPS) is 11.3. The van der Waals surface area contributed by atoms with E-state index in [4.69, 9.17) is 4.74 Å². The van der Waals surface area contributed by atoms with Gasteiger partial charge in [0.25, 0.3) is 0 Å². The van der Waals surface area contributed by atoms with E-state index in [1.54, 1.807) is 7.05 Å². The van der Waals surface area contributed by atoms with Gasteiger partial charge in [0, 0.05) is 32.3 Å². The van der Waals surface area contributed by atoms with Crippen molar-refractivity contribution in [3.8, 4) is 0 Å². The molecule has 0 saturated heterocycles. The fourth-order valence-corrected chi connectivity index (χ4v) is 1.96. The van der Waals surface area contributed by atoms with Crippen molar-refractivity contribution < 1.29 is 13.5 Å². The molecule has 0 aromatic heterocycles. The maximum absolute atomic E-state index is 13.5. The number of aliphatic imine (C=N–C) groups is 1. The molecule has 0 radical (unpaired) electrons. The molecule has 7 heteroatoms. The summed E-state index contributed by atoms with van der Waals surface area (Å²) in [5, 5.41) is 6.13. The van der Waals surface area contributed by atoms with Crippen molar-refractivity contribution in [2.45, 2.75) is 26.7 Å². The second kappa shape index (κ2) is 13.3. The molecule has 0 fully saturated rings. The second-order valence-corrected chi connectivity index (χ2v) is 5.67. The third-order valence-electron chi connectivity index (χ3n) is 3.33. The van der Waals surface area contributed by atoms with Gasteiger partial charge in [-0.1, -0.05) is 19.9 Å². The van der Waals surface area contributed by atoms with Crippen LogP contribution in [0.5, 0.6) is 0 Å². The zero-order valence-corrected chi connectivity index (χ0v) is 16.9. The van der Waals surface area contributed by atoms with Gasteiger partial charge in [-0.3, -0.25) is 4.99 Å². The molecule has 1 aromatic rings. The highest BCUT2D eigenvalue weighted by molar-refractivity contribution is 14.0. The molecular weight excluding hydrogens is 427 g/mol. The summed E-state index contributed by atoms with van der Waals surface area (Å²) in [4.78, 5) is 4.06. The van der Waals surface area contributed by atoms with E-state index in [-0.39, 0.29) is 36.0 Å². The summed E-state index contributed by atoms with van der Waals surface area (Å²) in [5.41, 5.74) is 0.0903. The zero-order chi connectivity index (χ0) is 17.1. The topological polar surface area (TPSA) is 45.7 Å². The Morgan fingerprint density at radius 2 is 1.75 bits per heavy atom. The molecule has 1 aromatic carbocycles. The van der Waals surface area contributed by atoms with E-state index in [0.29, 0.717) is 31.6 Å². The van der Waals surface area contributed by atoms with Gasteiger partial charge in [-0.15, -0.1) is 24.0 Å². The molecular formula is C17H28F2IN3O. The van der Waals surface area contributed by atoms with Crippen LogP contribution in [0.3, 0.4) is 0 Å². The summed E-state index contributed by atoms with van der Waals surface area (Å²) in [5.74, 6) is 0.187. The monoisotopic (exact) mass is 455 g/mol. The van der Waals surface area contributed by atoms with E-state index in [9.17, 15) is 8.78 Å². The van der Waals surface area contributed by atoms with Gasteiger partial charge in [0.15, 0.2) is 5.96 Å². The SMILES string of the molecule is CN=C(NCCOCCC(C)C)NCCc1c(F)cccc1F.I. The first-order valence-corrected chi connectivity index (χ1v) is 7.99. The molecule has 0 aliphatic carbocycles. The molecule has 1 rings (SSSR count). The van der Waals surface area contributed by atoms with Crippen LogP contribution in [-0.2, 0) is 11.2 Å². The van der Waals surface area contributed by atoms with Crippen molar-refractivity contribution in [1.29, 1.82) is 0 Å². The molecule has 0 atom stereocenters. The van der Waals surface area contributed by atoms with Gasteiger partial charge in [-0.2, -0.15) is 0 Å². The van der Waals surface area contributed by atoms with E-state index < -0.39 is 11.6 Å². The highest BCUT2D eigenvalue weighted by Crippen LogP contribution is 2.11. The summed E-state index contributed by atoms with van der Waals surface area (Å²) in [6, 6.07) is 3.89. The molecule has 0 unspecified atom stereocenters. The van der Waals surface area contributed by atoms with Gasteiger partial charge >= 0.3 is 0 Å². The number of ether oxygens (including phenoxy) is 1. The van der Waals surface area contributed by atoms with Gasteiger partial charge in [0.2, 0.25) is 0 Å². The highest BCUT2D eigenvalue weighted by atomic mass is 127. The summed E-state index contributed by atoms with van der Waals surface area (Å²) in [7, 11) is 1.65. The van der Waals surface area contributed by atoms with Gasteiger partial charge in [-0.25, -0.2) is 8.78 Å². The van der Waals surface area contributed by atoms with E-state index in [1.807, 2.05) is 0 Å². The summed E-state index contributed by atoms with van der Waals surface area (Å²) < 4.78 is 32.5. The Hall–Kier alpha value is -0.960. The molecule has 4 nitrogen and oxygen atoms in total. The van der Waals surface area contributed by atoms with Crippen molar-refractivity contribution >= 4 is 29.9 Å². The summed E-state index contributed by atoms with van der Waals surface area (Å²) in [6.45, 7) is 6.68. The Balaban J connectivity index is 0.00000529. The Kier molecular flexibility index (Phi) is 12.8. The van der Waals surface area contributed by atoms with Crippen LogP contribution in [0, 0.1) is 17.6 Å². The lowest BCUT2D eigenvalue weighted by Gasteiger charge is -2.13. The van der Waals surface area contributed by atoms with Crippen LogP contribution in [0.2, 0.25) is 0 Å². The standard InChI is InChI=1S/C17H27F2N3O.HI/c1-13(2)8-11-23-12-10-22-17(20-3)21-9-7-14-15(18)5-4-6-16(14)19;/h4-6,13H,7-12H2,1-3H3,(H2,20,21,22);1H. The molecule has 0 heterocycles. The lowest BCUT2D eigenvalue weighted by atomic mass is 10.1. The molecule has 138 valence electrons. The number of nitrogens with zero attached hydrogens (tertiary/aromatic N) is 1. The third kappa shape index (κ3) is 9.36. The first-order valence-electron chi connectivity index (χ1n) is 7.99. The van der Waals surface area contributed by atoms with Crippen LogP contribution in [0.1, 0.15) is 25.8 Å². The molecule has 0 aliphatic heterocycles. The second-order valence-electron chi connectivity index (χ2n) is 5.67. The fourth-order valence-electron chi connectivity index (χ4n) is 1.96. The zero-order valence-electron chi connectivity index (χ0n) is 14.6. The Bertz CT molecular complexity index is 478. The van der Waals surface area contributed by atoms with Crippen molar-refractivity contribution in [1.82, 2.24) is 10.6 Å². The fraction of sp³-hybridized carbons (Fsp3) is 0.588. The van der Waals surface area contributed by atoms with Crippen LogP contribution >= 0.6 is 24.0 Å².